The van der Waals surface area contributed by atoms with Gasteiger partial charge in [0.05, 0.1) is 4.92 Å². The first-order valence-electron chi connectivity index (χ1n) is 7.11. The van der Waals surface area contributed by atoms with Gasteiger partial charge in [-0.25, -0.2) is 4.68 Å². The number of hydrogen-bond donors (Lipinski definition) is 2. The molecule has 1 amide bonds. The molecule has 0 aromatic carbocycles. The number of nitrogens with one attached hydrogen (secondary N) is 2. The monoisotopic (exact) mass is 295 g/mol. The van der Waals surface area contributed by atoms with Crippen LogP contribution >= 0.6 is 0 Å². The number of carbonyl (C=O) groups is 1. The second kappa shape index (κ2) is 5.71. The van der Waals surface area contributed by atoms with Gasteiger partial charge in [0, 0.05) is 12.1 Å². The molecule has 8 nitrogen and oxygen atoms in total. The van der Waals surface area contributed by atoms with Crippen molar-refractivity contribution in [2.45, 2.75) is 58.7 Å². The van der Waals surface area contributed by atoms with E-state index in [1.54, 1.807) is 18.5 Å². The molecule has 1 unspecified atom stereocenters. The van der Waals surface area contributed by atoms with Crippen molar-refractivity contribution < 1.29 is 9.72 Å². The smallest absolute Gasteiger partial charge is 0.333 e. The van der Waals surface area contributed by atoms with Crippen molar-refractivity contribution in [1.29, 1.82) is 0 Å². The van der Waals surface area contributed by atoms with Crippen LogP contribution in [0.5, 0.6) is 0 Å². The van der Waals surface area contributed by atoms with Gasteiger partial charge >= 0.3 is 5.69 Å². The molecule has 21 heavy (non-hydrogen) atoms. The van der Waals surface area contributed by atoms with Gasteiger partial charge in [0.15, 0.2) is 0 Å². The van der Waals surface area contributed by atoms with E-state index in [4.69, 9.17) is 0 Å². The van der Waals surface area contributed by atoms with Crippen LogP contribution in [0.3, 0.4) is 0 Å². The molecule has 0 saturated heterocycles. The number of nitro groups is 1. The molecular formula is C13H21N5O3. The van der Waals surface area contributed by atoms with Crippen molar-refractivity contribution in [3.8, 4) is 0 Å². The molecule has 1 atom stereocenters. The molecule has 116 valence electrons. The molecule has 1 saturated carbocycles. The summed E-state index contributed by atoms with van der Waals surface area (Å²) in [5.74, 6) is 0.131. The zero-order valence-corrected chi connectivity index (χ0v) is 12.7. The van der Waals surface area contributed by atoms with E-state index >= 15 is 0 Å². The molecule has 1 fully saturated rings. The van der Waals surface area contributed by atoms with Crippen molar-refractivity contribution in [2.75, 3.05) is 5.32 Å². The minimum absolute atomic E-state index is 0.0430. The highest BCUT2D eigenvalue weighted by molar-refractivity contribution is 5.85. The van der Waals surface area contributed by atoms with Crippen LogP contribution in [0, 0.1) is 17.0 Å². The normalized spacial score (nSPS) is 15.9. The van der Waals surface area contributed by atoms with Gasteiger partial charge in [0.2, 0.25) is 11.7 Å². The maximum absolute atomic E-state index is 12.0. The van der Waals surface area contributed by atoms with Crippen LogP contribution in [0.15, 0.2) is 0 Å². The Labute approximate surface area is 123 Å². The van der Waals surface area contributed by atoms with Gasteiger partial charge in [-0.15, -0.1) is 0 Å². The highest BCUT2D eigenvalue weighted by atomic mass is 16.6. The van der Waals surface area contributed by atoms with E-state index in [0.717, 1.165) is 12.8 Å². The third-order valence-corrected chi connectivity index (χ3v) is 3.40. The molecule has 0 spiro atoms. The van der Waals surface area contributed by atoms with Gasteiger partial charge in [0.25, 0.3) is 0 Å². The third kappa shape index (κ3) is 3.32. The quantitative estimate of drug-likeness (QED) is 0.615. The predicted octanol–water partition coefficient (Wildman–Crippen LogP) is 1.76. The standard InChI is InChI=1S/C13H21N5O3/c1-7(2)17-12(11(18(20)21)8(3)16-17)14-9(4)13(19)15-10-5-6-10/h7,9-10,14H,5-6H2,1-4H3,(H,15,19). The second-order valence-electron chi connectivity index (χ2n) is 5.73. The highest BCUT2D eigenvalue weighted by Crippen LogP contribution is 2.31. The minimum atomic E-state index is -0.557. The van der Waals surface area contributed by atoms with E-state index in [1.807, 2.05) is 13.8 Å². The second-order valence-corrected chi connectivity index (χ2v) is 5.73. The lowest BCUT2D eigenvalue weighted by Crippen LogP contribution is -2.39. The van der Waals surface area contributed by atoms with E-state index in [-0.39, 0.29) is 29.5 Å². The summed E-state index contributed by atoms with van der Waals surface area (Å²) >= 11 is 0. The van der Waals surface area contributed by atoms with E-state index in [0.29, 0.717) is 5.69 Å². The molecule has 2 N–H and O–H groups in total. The van der Waals surface area contributed by atoms with Gasteiger partial charge in [-0.1, -0.05) is 0 Å². The molecule has 0 aliphatic heterocycles. The van der Waals surface area contributed by atoms with Crippen molar-refractivity contribution in [3.63, 3.8) is 0 Å². The van der Waals surface area contributed by atoms with Crippen LogP contribution in [0.4, 0.5) is 11.5 Å². The molecule has 1 heterocycles. The van der Waals surface area contributed by atoms with E-state index < -0.39 is 11.0 Å². The molecule has 0 radical (unpaired) electrons. The summed E-state index contributed by atoms with van der Waals surface area (Å²) in [6.45, 7) is 7.05. The van der Waals surface area contributed by atoms with Gasteiger partial charge in [0.1, 0.15) is 11.7 Å². The number of rotatable bonds is 6. The van der Waals surface area contributed by atoms with Crippen molar-refractivity contribution in [3.05, 3.63) is 15.8 Å². The number of carbonyl (C=O) groups excluding carboxylic acids is 1. The Bertz CT molecular complexity index is 562. The lowest BCUT2D eigenvalue weighted by atomic mass is 10.3. The molecule has 2 rings (SSSR count). The predicted molar refractivity (Wildman–Crippen MR) is 78.3 cm³/mol. The summed E-state index contributed by atoms with van der Waals surface area (Å²) in [6.07, 6.45) is 2.00. The number of nitrogens with zero attached hydrogens (tertiary/aromatic N) is 3. The molecule has 1 aliphatic rings. The fourth-order valence-electron chi connectivity index (χ4n) is 2.09. The SMILES string of the molecule is Cc1nn(C(C)C)c(NC(C)C(=O)NC2CC2)c1[N+](=O)[O-]. The first-order chi connectivity index (χ1) is 9.81. The number of aromatic nitrogens is 2. The van der Waals surface area contributed by atoms with E-state index in [2.05, 4.69) is 15.7 Å². The molecule has 1 aromatic heterocycles. The maximum Gasteiger partial charge on any atom is 0.333 e. The molecule has 1 aliphatic carbocycles. The Kier molecular flexibility index (Phi) is 4.15. The van der Waals surface area contributed by atoms with Gasteiger partial charge in [-0.2, -0.15) is 5.10 Å². The zero-order valence-electron chi connectivity index (χ0n) is 12.7. The largest absolute Gasteiger partial charge is 0.353 e. The summed E-state index contributed by atoms with van der Waals surface area (Å²) < 4.78 is 1.55. The fraction of sp³-hybridized carbons (Fsp3) is 0.692. The van der Waals surface area contributed by atoms with Crippen molar-refractivity contribution in [2.24, 2.45) is 0 Å². The summed E-state index contributed by atoms with van der Waals surface area (Å²) in [5, 5.41) is 21.2. The first kappa shape index (κ1) is 15.3. The highest BCUT2D eigenvalue weighted by Gasteiger charge is 2.30. The van der Waals surface area contributed by atoms with Crippen LogP contribution < -0.4 is 10.6 Å². The van der Waals surface area contributed by atoms with Crippen LogP contribution in [0.1, 0.15) is 45.3 Å². The van der Waals surface area contributed by atoms with E-state index in [1.165, 1.54) is 0 Å². The van der Waals surface area contributed by atoms with Gasteiger partial charge < -0.3 is 10.6 Å². The summed E-state index contributed by atoms with van der Waals surface area (Å²) in [6, 6.07) is -0.343. The zero-order chi connectivity index (χ0) is 15.7. The van der Waals surface area contributed by atoms with Crippen LogP contribution in [0.25, 0.3) is 0 Å². The van der Waals surface area contributed by atoms with Gasteiger partial charge in [-0.05, 0) is 40.5 Å². The first-order valence-corrected chi connectivity index (χ1v) is 7.11. The van der Waals surface area contributed by atoms with Gasteiger partial charge in [-0.3, -0.25) is 14.9 Å². The van der Waals surface area contributed by atoms with Crippen LogP contribution in [0.2, 0.25) is 0 Å². The topological polar surface area (TPSA) is 102 Å². The average molecular weight is 295 g/mol. The Balaban J connectivity index is 2.23. The minimum Gasteiger partial charge on any atom is -0.353 e. The lowest BCUT2D eigenvalue weighted by molar-refractivity contribution is -0.384. The Morgan fingerprint density at radius 1 is 1.43 bits per heavy atom. The number of hydrogen-bond acceptors (Lipinski definition) is 5. The van der Waals surface area contributed by atoms with E-state index in [9.17, 15) is 14.9 Å². The van der Waals surface area contributed by atoms with Crippen molar-refractivity contribution in [1.82, 2.24) is 15.1 Å². The molecule has 1 aromatic rings. The summed E-state index contributed by atoms with van der Waals surface area (Å²) in [4.78, 5) is 22.8. The van der Waals surface area contributed by atoms with Crippen LogP contribution in [-0.2, 0) is 4.79 Å². The molecular weight excluding hydrogens is 274 g/mol. The number of aryl methyl sites for hydroxylation is 1. The Morgan fingerprint density at radius 3 is 2.52 bits per heavy atom. The third-order valence-electron chi connectivity index (χ3n) is 3.40. The summed E-state index contributed by atoms with van der Waals surface area (Å²) in [7, 11) is 0. The number of anilines is 1. The average Bonchev–Trinajstić information content (AvgIpc) is 3.12. The lowest BCUT2D eigenvalue weighted by Gasteiger charge is -2.17. The Hall–Kier alpha value is -2.12. The molecule has 8 heteroatoms. The fourth-order valence-corrected chi connectivity index (χ4v) is 2.09. The molecule has 0 bridgehead atoms. The Morgan fingerprint density at radius 2 is 2.05 bits per heavy atom. The maximum atomic E-state index is 12.0. The van der Waals surface area contributed by atoms with Crippen molar-refractivity contribution >= 4 is 17.4 Å². The summed E-state index contributed by atoms with van der Waals surface area (Å²) in [5.41, 5.74) is 0.265. The van der Waals surface area contributed by atoms with Crippen LogP contribution in [-0.4, -0.2) is 32.7 Å². The number of amides is 1.